The Morgan fingerprint density at radius 1 is 1.03 bits per heavy atom. The first-order chi connectivity index (χ1) is 14.1. The van der Waals surface area contributed by atoms with Crippen LogP contribution in [0.1, 0.15) is 16.0 Å². The number of alkyl halides is 3. The normalized spacial score (nSPS) is 12.0. The van der Waals surface area contributed by atoms with E-state index in [1.807, 2.05) is 0 Å². The first-order valence-corrected chi connectivity index (χ1v) is 10.6. The van der Waals surface area contributed by atoms with E-state index >= 15 is 0 Å². The maximum atomic E-state index is 12.8. The molecule has 0 saturated heterocycles. The highest BCUT2D eigenvalue weighted by Crippen LogP contribution is 2.30. The molecule has 0 amide bonds. The summed E-state index contributed by atoms with van der Waals surface area (Å²) in [5, 5.41) is 9.24. The van der Waals surface area contributed by atoms with E-state index in [0.717, 1.165) is 23.5 Å². The summed E-state index contributed by atoms with van der Waals surface area (Å²) in [7, 11) is -3.79. The minimum absolute atomic E-state index is 0.00868. The summed E-state index contributed by atoms with van der Waals surface area (Å²) < 4.78 is 62.5. The first-order valence-electron chi connectivity index (χ1n) is 8.28. The van der Waals surface area contributed by atoms with Gasteiger partial charge in [0.15, 0.2) is 5.65 Å². The van der Waals surface area contributed by atoms with Gasteiger partial charge >= 0.3 is 6.18 Å². The molecular weight excluding hydrogens is 437 g/mol. The van der Waals surface area contributed by atoms with Gasteiger partial charge < -0.3 is 0 Å². The number of nitrogens with two attached hydrogens (primary N) is 1. The number of hydrogen-bond acceptors (Lipinski definition) is 5. The number of benzene rings is 1. The predicted octanol–water partition coefficient (Wildman–Crippen LogP) is 3.52. The van der Waals surface area contributed by atoms with Crippen molar-refractivity contribution in [2.75, 3.05) is 0 Å². The van der Waals surface area contributed by atoms with Crippen LogP contribution < -0.4 is 5.14 Å². The molecule has 2 N–H and O–H groups in total. The lowest BCUT2D eigenvalue weighted by atomic mass is 10.1. The number of halogens is 3. The maximum Gasteiger partial charge on any atom is 0.416 e. The molecule has 4 aromatic rings. The minimum Gasteiger partial charge on any atom is -0.227 e. The summed E-state index contributed by atoms with van der Waals surface area (Å²) in [6, 6.07) is 9.26. The molecule has 1 aromatic carbocycles. The average molecular weight is 448 g/mol. The van der Waals surface area contributed by atoms with Crippen LogP contribution in [0.5, 0.6) is 0 Å². The molecule has 0 atom stereocenters. The topological polar surface area (TPSA) is 90.4 Å². The monoisotopic (exact) mass is 448 g/mol. The van der Waals surface area contributed by atoms with Gasteiger partial charge in [0.1, 0.15) is 4.21 Å². The fraction of sp³-hybridized carbons (Fsp3) is 0.0526. The molecule has 0 unspecified atom stereocenters. The molecule has 0 aliphatic heterocycles. The van der Waals surface area contributed by atoms with E-state index in [0.29, 0.717) is 27.3 Å². The Kier molecular flexibility index (Phi) is 4.85. The highest BCUT2D eigenvalue weighted by Gasteiger charge is 2.30. The number of fused-ring (bicyclic) bond motifs is 1. The lowest BCUT2D eigenvalue weighted by Crippen LogP contribution is -2.09. The third-order valence-electron chi connectivity index (χ3n) is 4.06. The molecule has 4 rings (SSSR count). The van der Waals surface area contributed by atoms with Gasteiger partial charge in [-0.3, -0.25) is 0 Å². The zero-order valence-corrected chi connectivity index (χ0v) is 16.5. The molecular formula is C19H11F3N4O2S2. The van der Waals surface area contributed by atoms with Crippen LogP contribution in [-0.2, 0) is 16.2 Å². The van der Waals surface area contributed by atoms with Gasteiger partial charge in [0, 0.05) is 11.8 Å². The maximum absolute atomic E-state index is 12.8. The smallest absolute Gasteiger partial charge is 0.227 e. The molecule has 30 heavy (non-hydrogen) atoms. The lowest BCUT2D eigenvalue weighted by molar-refractivity contribution is -0.137. The van der Waals surface area contributed by atoms with Gasteiger partial charge in [-0.25, -0.2) is 23.1 Å². The predicted molar refractivity (Wildman–Crippen MR) is 105 cm³/mol. The molecule has 0 fully saturated rings. The van der Waals surface area contributed by atoms with Crippen LogP contribution in [0, 0.1) is 11.8 Å². The largest absolute Gasteiger partial charge is 0.416 e. The van der Waals surface area contributed by atoms with Crippen LogP contribution >= 0.6 is 11.3 Å². The van der Waals surface area contributed by atoms with Crippen molar-refractivity contribution >= 4 is 27.0 Å². The quantitative estimate of drug-likeness (QED) is 0.475. The van der Waals surface area contributed by atoms with Crippen LogP contribution in [-0.4, -0.2) is 23.0 Å². The van der Waals surface area contributed by atoms with Gasteiger partial charge in [-0.15, -0.1) is 11.3 Å². The van der Waals surface area contributed by atoms with Crippen molar-refractivity contribution in [1.82, 2.24) is 14.6 Å². The molecule has 0 aliphatic carbocycles. The number of primary sulfonamides is 1. The second-order valence-corrected chi connectivity index (χ2v) is 9.00. The SMILES string of the molecule is NS(=O)(=O)c1ccc(C#Cc2cnn3ccc(-c4ccc(C(F)(F)F)cc4)nc23)s1. The number of rotatable bonds is 2. The molecule has 0 radical (unpaired) electrons. The fourth-order valence-corrected chi connectivity index (χ4v) is 4.20. The Hall–Kier alpha value is -3.20. The van der Waals surface area contributed by atoms with Crippen molar-refractivity contribution in [2.45, 2.75) is 10.4 Å². The highest BCUT2D eigenvalue weighted by atomic mass is 32.2. The van der Waals surface area contributed by atoms with Crippen molar-refractivity contribution in [3.63, 3.8) is 0 Å². The third-order valence-corrected chi connectivity index (χ3v) is 6.50. The Morgan fingerprint density at radius 2 is 1.77 bits per heavy atom. The molecule has 0 aliphatic rings. The molecule has 152 valence electrons. The van der Waals surface area contributed by atoms with Crippen LogP contribution in [0.3, 0.4) is 0 Å². The number of hydrogen-bond donors (Lipinski definition) is 1. The Bertz CT molecular complexity index is 1410. The van der Waals surface area contributed by atoms with E-state index < -0.39 is 21.8 Å². The Balaban J connectivity index is 1.68. The lowest BCUT2D eigenvalue weighted by Gasteiger charge is -2.07. The van der Waals surface area contributed by atoms with Gasteiger partial charge in [0.25, 0.3) is 0 Å². The summed E-state index contributed by atoms with van der Waals surface area (Å²) in [5.74, 6) is 5.73. The van der Waals surface area contributed by atoms with Crippen molar-refractivity contribution in [1.29, 1.82) is 0 Å². The van der Waals surface area contributed by atoms with E-state index in [1.165, 1.54) is 28.9 Å². The van der Waals surface area contributed by atoms with Gasteiger partial charge in [0.05, 0.1) is 27.9 Å². The van der Waals surface area contributed by atoms with Crippen LogP contribution in [0.2, 0.25) is 0 Å². The Labute approximate surface area is 172 Å². The summed E-state index contributed by atoms with van der Waals surface area (Å²) in [6.07, 6.45) is -1.28. The van der Waals surface area contributed by atoms with E-state index in [1.54, 1.807) is 18.3 Å². The van der Waals surface area contributed by atoms with Crippen LogP contribution in [0.4, 0.5) is 13.2 Å². The molecule has 0 saturated carbocycles. The van der Waals surface area contributed by atoms with E-state index in [4.69, 9.17) is 5.14 Å². The summed E-state index contributed by atoms with van der Waals surface area (Å²) >= 11 is 0.944. The van der Waals surface area contributed by atoms with Crippen LogP contribution in [0.25, 0.3) is 16.9 Å². The van der Waals surface area contributed by atoms with Crippen molar-refractivity contribution in [3.8, 4) is 23.1 Å². The third kappa shape index (κ3) is 4.06. The van der Waals surface area contributed by atoms with Gasteiger partial charge in [-0.2, -0.15) is 18.3 Å². The average Bonchev–Trinajstić information content (AvgIpc) is 3.32. The Morgan fingerprint density at radius 3 is 2.40 bits per heavy atom. The number of thiophene rings is 1. The molecule has 6 nitrogen and oxygen atoms in total. The molecule has 0 spiro atoms. The fourth-order valence-electron chi connectivity index (χ4n) is 2.62. The molecule has 0 bridgehead atoms. The molecule has 3 heterocycles. The van der Waals surface area contributed by atoms with Gasteiger partial charge in [0.2, 0.25) is 10.0 Å². The minimum atomic E-state index is -4.41. The van der Waals surface area contributed by atoms with Crippen LogP contribution in [0.15, 0.2) is 59.1 Å². The standard InChI is InChI=1S/C19H11F3N4O2S2/c20-19(21,22)14-4-1-12(2-5-14)16-9-10-26-18(25-16)13(11-24-26)3-6-15-7-8-17(29-15)30(23,27)28/h1-2,4-5,7-11H,(H2,23,27,28). The van der Waals surface area contributed by atoms with E-state index in [2.05, 4.69) is 21.9 Å². The van der Waals surface area contributed by atoms with Crippen molar-refractivity contribution < 1.29 is 21.6 Å². The number of nitrogens with zero attached hydrogens (tertiary/aromatic N) is 3. The molecule has 3 aromatic heterocycles. The second kappa shape index (κ2) is 7.24. The summed E-state index contributed by atoms with van der Waals surface area (Å²) in [6.45, 7) is 0. The number of sulfonamides is 1. The van der Waals surface area contributed by atoms with E-state index in [-0.39, 0.29) is 4.21 Å². The highest BCUT2D eigenvalue weighted by molar-refractivity contribution is 7.91. The van der Waals surface area contributed by atoms with Gasteiger partial charge in [-0.1, -0.05) is 24.0 Å². The van der Waals surface area contributed by atoms with E-state index in [9.17, 15) is 21.6 Å². The zero-order chi connectivity index (χ0) is 21.5. The van der Waals surface area contributed by atoms with Crippen molar-refractivity contribution in [2.24, 2.45) is 5.14 Å². The number of aromatic nitrogens is 3. The summed E-state index contributed by atoms with van der Waals surface area (Å²) in [4.78, 5) is 4.96. The zero-order valence-electron chi connectivity index (χ0n) is 14.9. The summed E-state index contributed by atoms with van der Waals surface area (Å²) in [5.41, 5.74) is 1.14. The second-order valence-electron chi connectivity index (χ2n) is 6.13. The molecule has 11 heteroatoms. The first kappa shape index (κ1) is 20.1. The van der Waals surface area contributed by atoms with Crippen molar-refractivity contribution in [3.05, 3.63) is 70.9 Å². The van der Waals surface area contributed by atoms with Gasteiger partial charge in [-0.05, 0) is 30.3 Å².